The number of hydrogen-bond donors (Lipinski definition) is 2. The van der Waals surface area contributed by atoms with Crippen LogP contribution in [-0.2, 0) is 29.1 Å². The maximum Gasteiger partial charge on any atom is 0.412 e. The molecular weight excluding hydrogens is 705 g/mol. The lowest BCUT2D eigenvalue weighted by Crippen LogP contribution is -2.65. The van der Waals surface area contributed by atoms with Crippen molar-refractivity contribution in [2.75, 3.05) is 47.3 Å². The van der Waals surface area contributed by atoms with Gasteiger partial charge in [-0.2, -0.15) is 5.01 Å². The van der Waals surface area contributed by atoms with Crippen molar-refractivity contribution in [3.05, 3.63) is 112 Å². The molecule has 0 radical (unpaired) electrons. The van der Waals surface area contributed by atoms with Crippen molar-refractivity contribution >= 4 is 57.9 Å². The number of nitrogens with one attached hydrogen (secondary N) is 2. The minimum Gasteiger partial charge on any atom is -0.410 e. The number of hydrogen-bond acceptors (Lipinski definition) is 7. The van der Waals surface area contributed by atoms with Gasteiger partial charge in [0.25, 0.3) is 0 Å². The largest absolute Gasteiger partial charge is 0.412 e. The van der Waals surface area contributed by atoms with E-state index in [1.165, 1.54) is 5.01 Å². The number of carbonyl (C=O) groups is 4. The second-order valence-electron chi connectivity index (χ2n) is 13.2. The van der Waals surface area contributed by atoms with Gasteiger partial charge in [0, 0.05) is 39.6 Å². The van der Waals surface area contributed by atoms with Crippen LogP contribution in [0.3, 0.4) is 0 Å². The van der Waals surface area contributed by atoms with E-state index in [2.05, 4.69) is 10.6 Å². The van der Waals surface area contributed by atoms with E-state index in [0.29, 0.717) is 35.4 Å². The van der Waals surface area contributed by atoms with Crippen molar-refractivity contribution in [2.24, 2.45) is 0 Å². The van der Waals surface area contributed by atoms with Gasteiger partial charge in [0.1, 0.15) is 18.0 Å². The maximum atomic E-state index is 14.4. The van der Waals surface area contributed by atoms with E-state index in [1.54, 1.807) is 64.3 Å². The highest BCUT2D eigenvalue weighted by molar-refractivity contribution is 6.42. The summed E-state index contributed by atoms with van der Waals surface area (Å²) in [6.45, 7) is 1.76. The summed E-state index contributed by atoms with van der Waals surface area (Å²) in [6.07, 6.45) is -0.931. The highest BCUT2D eigenvalue weighted by Gasteiger charge is 2.51. The smallest absolute Gasteiger partial charge is 0.410 e. The SMILES string of the molecule is CN(C)CCNC(=O)Oc1ccc(C[C@H]2C(=O)N(Cc3cccc4ccccc34)C[C@H]3N2C(=O)CN3N(C)C(=O)NCc2ccc(Cl)c(Cl)c2)cc1. The van der Waals surface area contributed by atoms with Gasteiger partial charge in [-0.15, -0.1) is 0 Å². The Balaban J connectivity index is 1.22. The molecule has 2 aliphatic heterocycles. The molecule has 0 bridgehead atoms. The molecule has 2 saturated heterocycles. The van der Waals surface area contributed by atoms with E-state index in [1.807, 2.05) is 61.5 Å². The average molecular weight is 747 g/mol. The molecule has 0 saturated carbocycles. The molecule has 2 heterocycles. The highest BCUT2D eigenvalue weighted by atomic mass is 35.5. The zero-order chi connectivity index (χ0) is 36.9. The quantitative estimate of drug-likeness (QED) is 0.223. The van der Waals surface area contributed by atoms with Crippen LogP contribution in [0.1, 0.15) is 16.7 Å². The summed E-state index contributed by atoms with van der Waals surface area (Å²) in [4.78, 5) is 59.1. The molecule has 14 heteroatoms. The summed E-state index contributed by atoms with van der Waals surface area (Å²) in [7, 11) is 5.44. The number of urea groups is 1. The van der Waals surface area contributed by atoms with Crippen LogP contribution in [0, 0.1) is 0 Å². The molecule has 2 fully saturated rings. The third-order valence-electron chi connectivity index (χ3n) is 9.31. The lowest BCUT2D eigenvalue weighted by Gasteiger charge is -2.46. The zero-order valence-corrected chi connectivity index (χ0v) is 30.7. The molecule has 2 atom stereocenters. The van der Waals surface area contributed by atoms with Crippen molar-refractivity contribution in [2.45, 2.75) is 31.7 Å². The monoisotopic (exact) mass is 745 g/mol. The third kappa shape index (κ3) is 8.42. The molecule has 0 aliphatic carbocycles. The first-order valence-electron chi connectivity index (χ1n) is 17.0. The van der Waals surface area contributed by atoms with Gasteiger partial charge >= 0.3 is 12.1 Å². The van der Waals surface area contributed by atoms with Gasteiger partial charge in [0.05, 0.1) is 23.1 Å². The summed E-state index contributed by atoms with van der Waals surface area (Å²) in [5.74, 6) is -0.0909. The number of carbonyl (C=O) groups excluding carboxylic acids is 4. The number of benzene rings is 4. The summed E-state index contributed by atoms with van der Waals surface area (Å²) < 4.78 is 5.42. The van der Waals surface area contributed by atoms with Crippen molar-refractivity contribution in [3.8, 4) is 5.75 Å². The molecule has 2 aliphatic rings. The van der Waals surface area contributed by atoms with E-state index in [9.17, 15) is 19.2 Å². The molecule has 0 spiro atoms. The van der Waals surface area contributed by atoms with Crippen LogP contribution in [0.25, 0.3) is 10.8 Å². The third-order valence-corrected chi connectivity index (χ3v) is 10.0. The van der Waals surface area contributed by atoms with Crippen LogP contribution >= 0.6 is 23.2 Å². The first-order valence-corrected chi connectivity index (χ1v) is 17.7. The van der Waals surface area contributed by atoms with Crippen LogP contribution < -0.4 is 15.4 Å². The molecule has 0 unspecified atom stereocenters. The lowest BCUT2D eigenvalue weighted by atomic mass is 9.99. The Labute approximate surface area is 312 Å². The molecule has 4 aromatic rings. The Kier molecular flexibility index (Phi) is 11.5. The Morgan fingerprint density at radius 3 is 2.37 bits per heavy atom. The predicted octanol–water partition coefficient (Wildman–Crippen LogP) is 4.98. The van der Waals surface area contributed by atoms with Crippen LogP contribution in [0.5, 0.6) is 5.75 Å². The van der Waals surface area contributed by atoms with Gasteiger partial charge in [-0.05, 0) is 65.8 Å². The van der Waals surface area contributed by atoms with Crippen LogP contribution in [0.4, 0.5) is 9.59 Å². The number of nitrogens with zero attached hydrogens (tertiary/aromatic N) is 5. The van der Waals surface area contributed by atoms with Crippen LogP contribution in [-0.4, -0.2) is 108 Å². The topological polar surface area (TPSA) is 118 Å². The number of halogens is 2. The second-order valence-corrected chi connectivity index (χ2v) is 14.0. The van der Waals surface area contributed by atoms with E-state index in [4.69, 9.17) is 27.9 Å². The summed E-state index contributed by atoms with van der Waals surface area (Å²) in [6, 6.07) is 24.8. The van der Waals surface area contributed by atoms with Gasteiger partial charge in [0.2, 0.25) is 11.8 Å². The Morgan fingerprint density at radius 2 is 1.62 bits per heavy atom. The molecule has 0 aromatic heterocycles. The first kappa shape index (κ1) is 36.9. The molecule has 4 aromatic carbocycles. The van der Waals surface area contributed by atoms with E-state index in [-0.39, 0.29) is 37.9 Å². The van der Waals surface area contributed by atoms with Gasteiger partial charge in [-0.25, -0.2) is 9.59 Å². The number of fused-ring (bicyclic) bond motifs is 2. The number of amides is 5. The number of hydrazine groups is 1. The van der Waals surface area contributed by atoms with E-state index in [0.717, 1.165) is 27.5 Å². The summed E-state index contributed by atoms with van der Waals surface area (Å²) in [5, 5.41) is 11.6. The van der Waals surface area contributed by atoms with E-state index < -0.39 is 24.3 Å². The minimum atomic E-state index is -0.833. The average Bonchev–Trinajstić information content (AvgIpc) is 3.45. The molecule has 5 amide bonds. The molecule has 12 nitrogen and oxygen atoms in total. The normalized spacial score (nSPS) is 17.4. The second kappa shape index (κ2) is 16.2. The maximum absolute atomic E-state index is 14.4. The number of ether oxygens (including phenoxy) is 1. The Bertz CT molecular complexity index is 1950. The first-order chi connectivity index (χ1) is 25.0. The highest BCUT2D eigenvalue weighted by Crippen LogP contribution is 2.31. The molecule has 6 rings (SSSR count). The lowest BCUT2D eigenvalue weighted by molar-refractivity contribution is -0.157. The fourth-order valence-corrected chi connectivity index (χ4v) is 6.91. The Morgan fingerprint density at radius 1 is 0.885 bits per heavy atom. The van der Waals surface area contributed by atoms with Crippen molar-refractivity contribution in [3.63, 3.8) is 0 Å². The van der Waals surface area contributed by atoms with Gasteiger partial charge in [0.15, 0.2) is 0 Å². The predicted molar refractivity (Wildman–Crippen MR) is 200 cm³/mol. The Hall–Kier alpha value is -4.88. The molecule has 2 N–H and O–H groups in total. The van der Waals surface area contributed by atoms with Gasteiger partial charge in [-0.1, -0.05) is 83.9 Å². The zero-order valence-electron chi connectivity index (χ0n) is 29.2. The molecule has 272 valence electrons. The van der Waals surface area contributed by atoms with Crippen molar-refractivity contribution in [1.82, 2.24) is 35.4 Å². The van der Waals surface area contributed by atoms with Crippen molar-refractivity contribution < 1.29 is 23.9 Å². The standard InChI is InChI=1S/C38H41Cl2N7O5/c1-43(2)18-17-41-38(51)52-29-14-11-25(12-15-29)20-33-36(49)45(22-28-9-6-8-27-7-4-5-10-30(27)28)23-34-46(24-35(48)47(33)34)44(3)37(50)42-21-26-13-16-31(39)32(40)19-26/h4-16,19,33-34H,17-18,20-24H2,1-3H3,(H,41,51)(H,42,50)/t33-,34+/m0/s1. The fraction of sp³-hybridized carbons (Fsp3) is 0.316. The van der Waals surface area contributed by atoms with Crippen LogP contribution in [0.15, 0.2) is 84.9 Å². The van der Waals surface area contributed by atoms with Gasteiger partial charge < -0.3 is 30.1 Å². The van der Waals surface area contributed by atoms with E-state index >= 15 is 0 Å². The summed E-state index contributed by atoms with van der Waals surface area (Å²) >= 11 is 12.2. The van der Waals surface area contributed by atoms with Gasteiger partial charge in [-0.3, -0.25) is 14.6 Å². The molecular formula is C38H41Cl2N7O5. The minimum absolute atomic E-state index is 0.0804. The summed E-state index contributed by atoms with van der Waals surface area (Å²) in [5.41, 5.74) is 2.53. The molecule has 52 heavy (non-hydrogen) atoms. The van der Waals surface area contributed by atoms with Crippen LogP contribution in [0.2, 0.25) is 10.0 Å². The fourth-order valence-electron chi connectivity index (χ4n) is 6.59. The number of rotatable bonds is 11. The van der Waals surface area contributed by atoms with Crippen molar-refractivity contribution in [1.29, 1.82) is 0 Å². The number of likely N-dealkylation sites (N-methyl/N-ethyl adjacent to an activating group) is 1. The number of piperazine rings is 1.